The van der Waals surface area contributed by atoms with Gasteiger partial charge in [-0.1, -0.05) is 76.9 Å². The molecule has 9 heteroatoms. The summed E-state index contributed by atoms with van der Waals surface area (Å²) < 4.78 is 23.3. The Balaban J connectivity index is 3.71. The van der Waals surface area contributed by atoms with Crippen LogP contribution in [0.3, 0.4) is 0 Å². The minimum atomic E-state index is -4.01. The van der Waals surface area contributed by atoms with E-state index in [0.717, 1.165) is 25.7 Å². The summed E-state index contributed by atoms with van der Waals surface area (Å²) in [7, 11) is -0.553. The van der Waals surface area contributed by atoms with E-state index in [1.807, 2.05) is 0 Å². The first kappa shape index (κ1) is 36.7. The molecular weight excluding hydrogens is 493 g/mol. The smallest absolute Gasteiger partial charge is 0.384 e. The fourth-order valence-electron chi connectivity index (χ4n) is 4.05. The summed E-state index contributed by atoms with van der Waals surface area (Å²) in [6, 6.07) is 0. The molecule has 0 aliphatic rings. The van der Waals surface area contributed by atoms with E-state index in [1.54, 1.807) is 21.0 Å². The molecule has 0 radical (unpaired) electrons. The van der Waals surface area contributed by atoms with Crippen molar-refractivity contribution in [3.63, 3.8) is 0 Å². The SMILES string of the molecule is CCCCCCCCCCC/C=C\CCCCCOC[C@@H](O)COP(=O)(O)C(C)[N+](C)(C)CCC(O)O. The number of hydrogen-bond donors (Lipinski definition) is 4. The minimum absolute atomic E-state index is 0.0575. The molecule has 0 aromatic carbocycles. The van der Waals surface area contributed by atoms with Crippen molar-refractivity contribution in [1.82, 2.24) is 0 Å². The molecule has 0 rings (SSSR count). The molecule has 0 aromatic heterocycles. The van der Waals surface area contributed by atoms with Crippen LogP contribution in [0.25, 0.3) is 0 Å². The molecule has 222 valence electrons. The molecule has 0 amide bonds. The zero-order valence-electron chi connectivity index (χ0n) is 24.2. The highest BCUT2D eigenvalue weighted by molar-refractivity contribution is 7.53. The summed E-state index contributed by atoms with van der Waals surface area (Å²) in [6.45, 7) is 4.45. The van der Waals surface area contributed by atoms with Gasteiger partial charge in [0, 0.05) is 13.0 Å². The normalized spacial score (nSPS) is 15.9. The predicted octanol–water partition coefficient (Wildman–Crippen LogP) is 5.73. The van der Waals surface area contributed by atoms with E-state index in [1.165, 1.54) is 64.2 Å². The number of allylic oxidation sites excluding steroid dienone is 2. The Morgan fingerprint density at radius 3 is 1.86 bits per heavy atom. The summed E-state index contributed by atoms with van der Waals surface area (Å²) in [5.74, 6) is -0.779. The molecule has 0 spiro atoms. The lowest BCUT2D eigenvalue weighted by Crippen LogP contribution is -2.48. The largest absolute Gasteiger partial charge is 0.388 e. The molecule has 0 bridgehead atoms. The maximum atomic E-state index is 12.6. The van der Waals surface area contributed by atoms with Crippen LogP contribution < -0.4 is 0 Å². The second-order valence-electron chi connectivity index (χ2n) is 10.9. The summed E-state index contributed by atoms with van der Waals surface area (Å²) in [5, 5.41) is 28.2. The van der Waals surface area contributed by atoms with Crippen molar-refractivity contribution in [1.29, 1.82) is 0 Å². The van der Waals surface area contributed by atoms with Crippen LogP contribution in [-0.2, 0) is 13.8 Å². The van der Waals surface area contributed by atoms with Crippen molar-refractivity contribution >= 4 is 7.60 Å². The van der Waals surface area contributed by atoms with Crippen LogP contribution in [0.15, 0.2) is 12.2 Å². The van der Waals surface area contributed by atoms with Gasteiger partial charge in [0.1, 0.15) is 6.10 Å². The first-order chi connectivity index (χ1) is 17.5. The average molecular weight is 553 g/mol. The molecule has 0 aliphatic carbocycles. The zero-order valence-corrected chi connectivity index (χ0v) is 25.1. The fraction of sp³-hybridized carbons (Fsp3) is 0.929. The molecule has 3 atom stereocenters. The quantitative estimate of drug-likeness (QED) is 0.0356. The van der Waals surface area contributed by atoms with Gasteiger partial charge in [-0.05, 0) is 39.0 Å². The Labute approximate surface area is 227 Å². The van der Waals surface area contributed by atoms with E-state index in [9.17, 15) is 14.6 Å². The van der Waals surface area contributed by atoms with Gasteiger partial charge < -0.3 is 34.0 Å². The maximum Gasteiger partial charge on any atom is 0.384 e. The number of rotatable bonds is 26. The van der Waals surface area contributed by atoms with Gasteiger partial charge in [-0.3, -0.25) is 4.57 Å². The minimum Gasteiger partial charge on any atom is -0.388 e. The van der Waals surface area contributed by atoms with E-state index in [4.69, 9.17) is 19.5 Å². The standard InChI is InChI=1S/C28H58NO7P/c1-5-6-7-8-9-10-11-12-13-14-15-16-17-18-19-20-23-35-24-27(30)25-36-37(33,34)26(2)29(3,4)22-21-28(31)32/h15-16,26-28,30-32H,5-14,17-25H2,1-4H3/p+1/b16-15-/t26?,27-/m1/s1. The number of ether oxygens (including phenoxy) is 1. The Kier molecular flexibility index (Phi) is 22.3. The summed E-state index contributed by atoms with van der Waals surface area (Å²) in [4.78, 5) is 10.3. The molecule has 0 heterocycles. The second-order valence-corrected chi connectivity index (χ2v) is 13.1. The molecule has 0 aliphatic heterocycles. The number of quaternary nitrogens is 1. The third-order valence-corrected chi connectivity index (χ3v) is 9.10. The van der Waals surface area contributed by atoms with Gasteiger partial charge in [0.25, 0.3) is 0 Å². The van der Waals surface area contributed by atoms with E-state index in [0.29, 0.717) is 13.2 Å². The summed E-state index contributed by atoms with van der Waals surface area (Å²) in [5.41, 5.74) is 0. The van der Waals surface area contributed by atoms with Gasteiger partial charge in [0.2, 0.25) is 0 Å². The van der Waals surface area contributed by atoms with Crippen LogP contribution >= 0.6 is 7.60 Å². The second kappa shape index (κ2) is 22.5. The van der Waals surface area contributed by atoms with Gasteiger partial charge in [-0.2, -0.15) is 0 Å². The summed E-state index contributed by atoms with van der Waals surface area (Å²) >= 11 is 0. The lowest BCUT2D eigenvalue weighted by atomic mass is 10.1. The van der Waals surface area contributed by atoms with Crippen LogP contribution in [0.5, 0.6) is 0 Å². The first-order valence-corrected chi connectivity index (χ1v) is 16.2. The van der Waals surface area contributed by atoms with E-state index >= 15 is 0 Å². The van der Waals surface area contributed by atoms with Gasteiger partial charge in [0.15, 0.2) is 12.1 Å². The average Bonchev–Trinajstić information content (AvgIpc) is 2.85. The molecule has 8 nitrogen and oxygen atoms in total. The van der Waals surface area contributed by atoms with Crippen LogP contribution in [0.1, 0.15) is 110 Å². The lowest BCUT2D eigenvalue weighted by molar-refractivity contribution is -0.901. The third-order valence-electron chi connectivity index (χ3n) is 7.01. The van der Waals surface area contributed by atoms with Crippen molar-refractivity contribution in [2.75, 3.05) is 40.5 Å². The maximum absolute atomic E-state index is 12.6. The molecule has 0 saturated carbocycles. The number of unbranched alkanes of at least 4 members (excludes halogenated alkanes) is 12. The van der Waals surface area contributed by atoms with Crippen LogP contribution in [0, 0.1) is 0 Å². The molecular formula is C28H59NO7P+. The fourth-order valence-corrected chi connectivity index (χ4v) is 5.56. The highest BCUT2D eigenvalue weighted by Gasteiger charge is 2.41. The van der Waals surface area contributed by atoms with Gasteiger partial charge in [-0.15, -0.1) is 0 Å². The van der Waals surface area contributed by atoms with E-state index in [-0.39, 0.29) is 24.1 Å². The topological polar surface area (TPSA) is 116 Å². The number of aliphatic hydroxyl groups is 3. The van der Waals surface area contributed by atoms with Crippen molar-refractivity contribution in [2.45, 2.75) is 128 Å². The van der Waals surface area contributed by atoms with Crippen LogP contribution in [0.2, 0.25) is 0 Å². The molecule has 0 aromatic rings. The zero-order chi connectivity index (χ0) is 28.0. The number of nitrogens with zero attached hydrogens (tertiary/aromatic N) is 1. The van der Waals surface area contributed by atoms with Gasteiger partial charge in [-0.25, -0.2) is 0 Å². The molecule has 2 unspecified atom stereocenters. The molecule has 4 N–H and O–H groups in total. The summed E-state index contributed by atoms with van der Waals surface area (Å²) in [6.07, 6.45) is 19.9. The van der Waals surface area contributed by atoms with E-state index < -0.39 is 25.8 Å². The van der Waals surface area contributed by atoms with Crippen molar-refractivity contribution in [2.24, 2.45) is 0 Å². The van der Waals surface area contributed by atoms with Crippen molar-refractivity contribution in [3.8, 4) is 0 Å². The molecule has 37 heavy (non-hydrogen) atoms. The van der Waals surface area contributed by atoms with E-state index in [2.05, 4.69) is 19.1 Å². The monoisotopic (exact) mass is 552 g/mol. The number of aliphatic hydroxyl groups excluding tert-OH is 2. The number of hydrogen-bond acceptors (Lipinski definition) is 6. The Hall–Kier alpha value is -0.310. The predicted molar refractivity (Wildman–Crippen MR) is 151 cm³/mol. The third kappa shape index (κ3) is 21.2. The van der Waals surface area contributed by atoms with Gasteiger partial charge in [0.05, 0.1) is 33.9 Å². The highest BCUT2D eigenvalue weighted by atomic mass is 31.2. The van der Waals surface area contributed by atoms with Crippen LogP contribution in [-0.4, -0.2) is 83.3 Å². The highest BCUT2D eigenvalue weighted by Crippen LogP contribution is 2.50. The Morgan fingerprint density at radius 2 is 1.32 bits per heavy atom. The first-order valence-electron chi connectivity index (χ1n) is 14.6. The molecule has 0 saturated heterocycles. The van der Waals surface area contributed by atoms with Crippen molar-refractivity contribution in [3.05, 3.63) is 12.2 Å². The van der Waals surface area contributed by atoms with Gasteiger partial charge >= 0.3 is 7.60 Å². The Bertz CT molecular complexity index is 601. The lowest BCUT2D eigenvalue weighted by Gasteiger charge is -2.37. The van der Waals surface area contributed by atoms with Crippen molar-refractivity contribution < 1.29 is 38.5 Å². The Morgan fingerprint density at radius 1 is 0.811 bits per heavy atom. The van der Waals surface area contributed by atoms with Crippen LogP contribution in [0.4, 0.5) is 0 Å². The molecule has 0 fully saturated rings.